The molecule has 37 heavy (non-hydrogen) atoms. The highest BCUT2D eigenvalue weighted by Gasteiger charge is 2.16. The number of unbranched alkanes of at least 4 members (excludes halogenated alkanes) is 2. The van der Waals surface area contributed by atoms with Crippen LogP contribution in [0.5, 0.6) is 0 Å². The minimum Gasteiger partial charge on any atom is -0.449 e. The van der Waals surface area contributed by atoms with E-state index in [1.54, 1.807) is 0 Å². The lowest BCUT2D eigenvalue weighted by Gasteiger charge is -2.12. The standard InChI is InChI=1S/C33H35NO3/c1-2-3-6-18-30(19-13-22-36-26-28-16-9-5-10-17-28)37-33(35)23-29-25-34(24-27-14-7-4-8-15-27)32-21-12-11-20-31(29)32/h4-5,7-12,14-17,20-21,25,30H,2-3,6,18,22-24,26H2,1H3. The van der Waals surface area contributed by atoms with E-state index in [4.69, 9.17) is 9.47 Å². The maximum atomic E-state index is 13.0. The van der Waals surface area contributed by atoms with Gasteiger partial charge in [-0.25, -0.2) is 0 Å². The van der Waals surface area contributed by atoms with Crippen molar-refractivity contribution in [2.24, 2.45) is 0 Å². The first-order chi connectivity index (χ1) is 18.2. The summed E-state index contributed by atoms with van der Waals surface area (Å²) in [5.41, 5.74) is 4.42. The van der Waals surface area contributed by atoms with Gasteiger partial charge >= 0.3 is 5.97 Å². The number of ether oxygens (including phenoxy) is 2. The molecule has 0 N–H and O–H groups in total. The molecule has 4 heteroatoms. The van der Waals surface area contributed by atoms with Gasteiger partial charge in [-0.05, 0) is 35.6 Å². The Hall–Kier alpha value is -3.81. The molecule has 0 bridgehead atoms. The zero-order valence-corrected chi connectivity index (χ0v) is 21.6. The van der Waals surface area contributed by atoms with E-state index >= 15 is 0 Å². The van der Waals surface area contributed by atoms with Crippen molar-refractivity contribution < 1.29 is 14.3 Å². The topological polar surface area (TPSA) is 40.5 Å². The Kier molecular flexibility index (Phi) is 9.98. The highest BCUT2D eigenvalue weighted by Crippen LogP contribution is 2.23. The normalized spacial score (nSPS) is 11.6. The second-order valence-corrected chi connectivity index (χ2v) is 9.24. The van der Waals surface area contributed by atoms with E-state index in [9.17, 15) is 4.79 Å². The van der Waals surface area contributed by atoms with Crippen LogP contribution in [0.1, 0.15) is 49.3 Å². The minimum atomic E-state index is -0.419. The maximum absolute atomic E-state index is 13.0. The van der Waals surface area contributed by atoms with Crippen LogP contribution in [0.25, 0.3) is 10.9 Å². The summed E-state index contributed by atoms with van der Waals surface area (Å²) in [6.45, 7) is 3.74. The van der Waals surface area contributed by atoms with Crippen molar-refractivity contribution in [3.63, 3.8) is 0 Å². The summed E-state index contributed by atoms with van der Waals surface area (Å²) in [7, 11) is 0. The Morgan fingerprint density at radius 3 is 2.35 bits per heavy atom. The molecular weight excluding hydrogens is 458 g/mol. The van der Waals surface area contributed by atoms with Gasteiger partial charge in [-0.1, -0.05) is 110 Å². The molecule has 0 radical (unpaired) electrons. The predicted octanol–water partition coefficient (Wildman–Crippen LogP) is 6.94. The van der Waals surface area contributed by atoms with Crippen LogP contribution in [-0.4, -0.2) is 23.2 Å². The third-order valence-electron chi connectivity index (χ3n) is 6.29. The van der Waals surface area contributed by atoms with E-state index < -0.39 is 6.10 Å². The van der Waals surface area contributed by atoms with Crippen LogP contribution in [0.4, 0.5) is 0 Å². The van der Waals surface area contributed by atoms with Gasteiger partial charge in [0, 0.05) is 23.6 Å². The summed E-state index contributed by atoms with van der Waals surface area (Å²) in [6, 6.07) is 28.6. The Morgan fingerprint density at radius 1 is 0.892 bits per heavy atom. The van der Waals surface area contributed by atoms with Gasteiger partial charge in [0.05, 0.1) is 13.0 Å². The molecule has 0 fully saturated rings. The van der Waals surface area contributed by atoms with Gasteiger partial charge in [0.1, 0.15) is 6.61 Å². The molecule has 4 rings (SSSR count). The summed E-state index contributed by atoms with van der Waals surface area (Å²) in [5, 5.41) is 1.08. The Balaban J connectivity index is 1.39. The molecule has 0 aliphatic carbocycles. The van der Waals surface area contributed by atoms with Gasteiger partial charge in [-0.3, -0.25) is 4.79 Å². The summed E-state index contributed by atoms with van der Waals surface area (Å²) in [5.74, 6) is 5.95. The lowest BCUT2D eigenvalue weighted by atomic mass is 10.1. The molecule has 0 saturated carbocycles. The third-order valence-corrected chi connectivity index (χ3v) is 6.29. The molecule has 4 aromatic rings. The molecule has 3 aromatic carbocycles. The quantitative estimate of drug-likeness (QED) is 0.122. The molecule has 190 valence electrons. The Morgan fingerprint density at radius 2 is 1.59 bits per heavy atom. The summed E-state index contributed by atoms with van der Waals surface area (Å²) >= 11 is 0. The number of rotatable bonds is 12. The average molecular weight is 494 g/mol. The number of hydrogen-bond donors (Lipinski definition) is 0. The van der Waals surface area contributed by atoms with Gasteiger partial charge in [0.25, 0.3) is 0 Å². The lowest BCUT2D eigenvalue weighted by Crippen LogP contribution is -2.18. The van der Waals surface area contributed by atoms with Crippen LogP contribution in [0.15, 0.2) is 91.1 Å². The molecule has 4 nitrogen and oxygen atoms in total. The van der Waals surface area contributed by atoms with E-state index in [1.807, 2.05) is 60.7 Å². The highest BCUT2D eigenvalue weighted by atomic mass is 16.5. The molecule has 0 aliphatic rings. The minimum absolute atomic E-state index is 0.221. The fraction of sp³-hybridized carbons (Fsp3) is 0.303. The van der Waals surface area contributed by atoms with Gasteiger partial charge < -0.3 is 14.0 Å². The van der Waals surface area contributed by atoms with Crippen molar-refractivity contribution in [2.75, 3.05) is 6.61 Å². The maximum Gasteiger partial charge on any atom is 0.311 e. The SMILES string of the molecule is CCCCCC(C#CCOCc1ccccc1)OC(=O)Cc1cn(Cc2ccccc2)c2ccccc12. The Bertz CT molecular complexity index is 1320. The average Bonchev–Trinajstić information content (AvgIpc) is 3.26. The Labute approximate surface area is 220 Å². The number of esters is 1. The number of carbonyl (C=O) groups excluding carboxylic acids is 1. The molecule has 0 saturated heterocycles. The van der Waals surface area contributed by atoms with Crippen LogP contribution < -0.4 is 0 Å². The molecule has 1 heterocycles. The van der Waals surface area contributed by atoms with Crippen molar-refractivity contribution in [1.29, 1.82) is 0 Å². The van der Waals surface area contributed by atoms with E-state index in [0.717, 1.165) is 54.3 Å². The zero-order chi connectivity index (χ0) is 25.7. The van der Waals surface area contributed by atoms with Gasteiger partial charge in [-0.2, -0.15) is 0 Å². The van der Waals surface area contributed by atoms with Gasteiger partial charge in [0.2, 0.25) is 0 Å². The number of fused-ring (bicyclic) bond motifs is 1. The first-order valence-electron chi connectivity index (χ1n) is 13.1. The summed E-state index contributed by atoms with van der Waals surface area (Å²) < 4.78 is 13.7. The number of para-hydroxylation sites is 1. The van der Waals surface area contributed by atoms with E-state index in [2.05, 4.69) is 53.8 Å². The van der Waals surface area contributed by atoms with Crippen LogP contribution in [0, 0.1) is 11.8 Å². The molecule has 0 amide bonds. The van der Waals surface area contributed by atoms with Crippen molar-refractivity contribution in [1.82, 2.24) is 4.57 Å². The van der Waals surface area contributed by atoms with Crippen LogP contribution in [0.3, 0.4) is 0 Å². The van der Waals surface area contributed by atoms with E-state index in [1.165, 1.54) is 5.56 Å². The molecule has 1 unspecified atom stereocenters. The van der Waals surface area contributed by atoms with Crippen molar-refractivity contribution in [3.05, 3.63) is 108 Å². The second kappa shape index (κ2) is 14.1. The molecular formula is C33H35NO3. The summed E-state index contributed by atoms with van der Waals surface area (Å²) in [4.78, 5) is 13.0. The van der Waals surface area contributed by atoms with Crippen molar-refractivity contribution >= 4 is 16.9 Å². The zero-order valence-electron chi connectivity index (χ0n) is 21.6. The largest absolute Gasteiger partial charge is 0.449 e. The molecule has 1 aromatic heterocycles. The van der Waals surface area contributed by atoms with Crippen molar-refractivity contribution in [3.8, 4) is 11.8 Å². The smallest absolute Gasteiger partial charge is 0.311 e. The van der Waals surface area contributed by atoms with E-state index in [0.29, 0.717) is 13.2 Å². The van der Waals surface area contributed by atoms with Gasteiger partial charge in [0.15, 0.2) is 6.10 Å². The fourth-order valence-electron chi connectivity index (χ4n) is 4.42. The molecule has 0 aliphatic heterocycles. The lowest BCUT2D eigenvalue weighted by molar-refractivity contribution is -0.145. The monoisotopic (exact) mass is 493 g/mol. The first-order valence-corrected chi connectivity index (χ1v) is 13.1. The first kappa shape index (κ1) is 26.3. The predicted molar refractivity (Wildman–Crippen MR) is 149 cm³/mol. The third kappa shape index (κ3) is 8.10. The summed E-state index contributed by atoms with van der Waals surface area (Å²) in [6.07, 6.45) is 5.79. The molecule has 1 atom stereocenters. The van der Waals surface area contributed by atoms with Crippen LogP contribution in [-0.2, 0) is 33.8 Å². The number of aromatic nitrogens is 1. The van der Waals surface area contributed by atoms with Crippen molar-refractivity contribution in [2.45, 2.75) is 58.3 Å². The van der Waals surface area contributed by atoms with E-state index in [-0.39, 0.29) is 12.4 Å². The fourth-order valence-corrected chi connectivity index (χ4v) is 4.42. The van der Waals surface area contributed by atoms with Crippen LogP contribution >= 0.6 is 0 Å². The number of hydrogen-bond acceptors (Lipinski definition) is 3. The van der Waals surface area contributed by atoms with Gasteiger partial charge in [-0.15, -0.1) is 0 Å². The number of benzene rings is 3. The number of carbonyl (C=O) groups is 1. The highest BCUT2D eigenvalue weighted by molar-refractivity contribution is 5.88. The second-order valence-electron chi connectivity index (χ2n) is 9.24. The molecule has 0 spiro atoms. The number of nitrogens with zero attached hydrogens (tertiary/aromatic N) is 1. The van der Waals surface area contributed by atoms with Crippen LogP contribution in [0.2, 0.25) is 0 Å².